The molecule has 3 heteroatoms. The van der Waals surface area contributed by atoms with Gasteiger partial charge in [-0.25, -0.2) is 0 Å². The van der Waals surface area contributed by atoms with Crippen molar-refractivity contribution in [3.05, 3.63) is 35.9 Å². The third-order valence-electron chi connectivity index (χ3n) is 4.50. The fourth-order valence-corrected chi connectivity index (χ4v) is 3.89. The highest BCUT2D eigenvalue weighted by Gasteiger charge is 2.25. The largest absolute Gasteiger partial charge is 0.355 e. The van der Waals surface area contributed by atoms with Crippen molar-refractivity contribution in [3.8, 4) is 0 Å². The van der Waals surface area contributed by atoms with E-state index >= 15 is 0 Å². The second-order valence-corrected chi connectivity index (χ2v) is 6.48. The number of rotatable bonds is 5. The van der Waals surface area contributed by atoms with Crippen molar-refractivity contribution in [2.24, 2.45) is 11.8 Å². The summed E-state index contributed by atoms with van der Waals surface area (Å²) < 4.78 is 0. The Labute approximate surface area is 130 Å². The molecule has 2 nitrogen and oxygen atoms in total. The molecule has 1 aliphatic rings. The monoisotopic (exact) mass is 337 g/mol. The molecule has 1 amide bonds. The lowest BCUT2D eigenvalue weighted by molar-refractivity contribution is -0.122. The van der Waals surface area contributed by atoms with Gasteiger partial charge in [-0.1, -0.05) is 59.1 Å². The van der Waals surface area contributed by atoms with Crippen LogP contribution in [0, 0.1) is 11.8 Å². The van der Waals surface area contributed by atoms with Gasteiger partial charge in [0, 0.05) is 11.9 Å². The Balaban J connectivity index is 1.85. The van der Waals surface area contributed by atoms with Gasteiger partial charge in [0.1, 0.15) is 0 Å². The number of nitrogens with one attached hydrogen (secondary N) is 1. The first-order valence-corrected chi connectivity index (χ1v) is 8.73. The normalized spacial score (nSPS) is 24.1. The lowest BCUT2D eigenvalue weighted by Crippen LogP contribution is -2.36. The average Bonchev–Trinajstić information content (AvgIpc) is 2.53. The van der Waals surface area contributed by atoms with Crippen LogP contribution in [-0.4, -0.2) is 17.8 Å². The molecule has 1 aromatic carbocycles. The lowest BCUT2D eigenvalue weighted by atomic mass is 9.80. The van der Waals surface area contributed by atoms with Crippen molar-refractivity contribution in [1.29, 1.82) is 0 Å². The van der Waals surface area contributed by atoms with E-state index in [1.54, 1.807) is 0 Å². The zero-order chi connectivity index (χ0) is 14.4. The van der Waals surface area contributed by atoms with Crippen LogP contribution in [0.4, 0.5) is 0 Å². The molecule has 0 heterocycles. The summed E-state index contributed by atoms with van der Waals surface area (Å²) in [7, 11) is 0. The summed E-state index contributed by atoms with van der Waals surface area (Å²) in [5.41, 5.74) is 1.09. The molecule has 0 aromatic heterocycles. The maximum atomic E-state index is 12.3. The average molecular weight is 338 g/mol. The molecule has 1 aliphatic carbocycles. The van der Waals surface area contributed by atoms with Gasteiger partial charge in [0.15, 0.2) is 0 Å². The van der Waals surface area contributed by atoms with Gasteiger partial charge in [-0.05, 0) is 37.2 Å². The Kier molecular flexibility index (Phi) is 6.08. The first-order valence-electron chi connectivity index (χ1n) is 7.61. The van der Waals surface area contributed by atoms with Crippen molar-refractivity contribution in [2.75, 3.05) is 11.9 Å². The third kappa shape index (κ3) is 4.08. The molecule has 0 aliphatic heterocycles. The number of hydrogen-bond donors (Lipinski definition) is 1. The molecule has 0 saturated heterocycles. The summed E-state index contributed by atoms with van der Waals surface area (Å²) in [6.45, 7) is 2.81. The topological polar surface area (TPSA) is 29.1 Å². The number of hydrogen-bond acceptors (Lipinski definition) is 1. The highest BCUT2D eigenvalue weighted by Crippen LogP contribution is 2.30. The number of carbonyl (C=O) groups excluding carboxylic acids is 1. The van der Waals surface area contributed by atoms with Crippen LogP contribution in [0.25, 0.3) is 0 Å². The van der Waals surface area contributed by atoms with Crippen LogP contribution >= 0.6 is 15.9 Å². The maximum Gasteiger partial charge on any atom is 0.227 e. The Hall–Kier alpha value is -0.830. The number of benzene rings is 1. The summed E-state index contributed by atoms with van der Waals surface area (Å²) >= 11 is 3.61. The van der Waals surface area contributed by atoms with Gasteiger partial charge in [0.05, 0.1) is 5.92 Å². The van der Waals surface area contributed by atoms with Gasteiger partial charge in [0.25, 0.3) is 0 Å². The molecule has 1 saturated carbocycles. The van der Waals surface area contributed by atoms with E-state index in [2.05, 4.69) is 21.2 Å². The van der Waals surface area contributed by atoms with Crippen LogP contribution in [0.3, 0.4) is 0 Å². The van der Waals surface area contributed by atoms with Crippen molar-refractivity contribution in [1.82, 2.24) is 5.32 Å². The van der Waals surface area contributed by atoms with Gasteiger partial charge in [-0.3, -0.25) is 4.79 Å². The van der Waals surface area contributed by atoms with Crippen LogP contribution in [0.2, 0.25) is 0 Å². The smallest absolute Gasteiger partial charge is 0.227 e. The van der Waals surface area contributed by atoms with Crippen LogP contribution in [0.1, 0.15) is 44.1 Å². The zero-order valence-corrected chi connectivity index (χ0v) is 13.7. The molecule has 2 rings (SSSR count). The van der Waals surface area contributed by atoms with E-state index in [-0.39, 0.29) is 11.8 Å². The summed E-state index contributed by atoms with van der Waals surface area (Å²) in [6.07, 6.45) is 5.18. The molecule has 110 valence electrons. The first kappa shape index (κ1) is 15.6. The molecular formula is C17H24BrNO. The minimum atomic E-state index is -0.0674. The molecule has 0 spiro atoms. The minimum Gasteiger partial charge on any atom is -0.355 e. The molecule has 3 unspecified atom stereocenters. The molecular weight excluding hydrogens is 314 g/mol. The standard InChI is InChI=1S/C17H24BrNO/c1-13(14-7-3-2-4-8-14)17(20)19-12-16-10-6-5-9-15(16)11-18/h2-4,7-8,13,15-16H,5-6,9-12H2,1H3,(H,19,20). The van der Waals surface area contributed by atoms with Crippen molar-refractivity contribution >= 4 is 21.8 Å². The quantitative estimate of drug-likeness (QED) is 0.805. The molecule has 1 aromatic rings. The van der Waals surface area contributed by atoms with Crippen molar-refractivity contribution < 1.29 is 4.79 Å². The molecule has 0 radical (unpaired) electrons. The van der Waals surface area contributed by atoms with Gasteiger partial charge < -0.3 is 5.32 Å². The Morgan fingerprint density at radius 2 is 1.90 bits per heavy atom. The predicted octanol–water partition coefficient (Wildman–Crippen LogP) is 4.11. The Morgan fingerprint density at radius 1 is 1.25 bits per heavy atom. The maximum absolute atomic E-state index is 12.3. The van der Waals surface area contributed by atoms with Crippen molar-refractivity contribution in [2.45, 2.75) is 38.5 Å². The van der Waals surface area contributed by atoms with Crippen LogP contribution in [0.5, 0.6) is 0 Å². The second kappa shape index (κ2) is 7.82. The van der Waals surface area contributed by atoms with Crippen LogP contribution in [-0.2, 0) is 4.79 Å². The van der Waals surface area contributed by atoms with E-state index in [0.29, 0.717) is 5.92 Å². The number of carbonyl (C=O) groups is 1. The Bertz CT molecular complexity index is 420. The van der Waals surface area contributed by atoms with Gasteiger partial charge >= 0.3 is 0 Å². The van der Waals surface area contributed by atoms with Gasteiger partial charge in [-0.15, -0.1) is 0 Å². The summed E-state index contributed by atoms with van der Waals surface area (Å²) in [6, 6.07) is 10.00. The third-order valence-corrected chi connectivity index (χ3v) is 5.33. The lowest BCUT2D eigenvalue weighted by Gasteiger charge is -2.30. The van der Waals surface area contributed by atoms with Gasteiger partial charge in [-0.2, -0.15) is 0 Å². The first-order chi connectivity index (χ1) is 9.72. The number of halogens is 1. The van der Waals surface area contributed by atoms with E-state index in [4.69, 9.17) is 0 Å². The summed E-state index contributed by atoms with van der Waals surface area (Å²) in [5, 5.41) is 4.21. The highest BCUT2D eigenvalue weighted by atomic mass is 79.9. The summed E-state index contributed by atoms with van der Waals surface area (Å²) in [5.74, 6) is 1.43. The van der Waals surface area contributed by atoms with Crippen LogP contribution < -0.4 is 5.32 Å². The summed E-state index contributed by atoms with van der Waals surface area (Å²) in [4.78, 5) is 12.3. The number of amides is 1. The fourth-order valence-electron chi connectivity index (χ4n) is 3.03. The fraction of sp³-hybridized carbons (Fsp3) is 0.588. The molecule has 20 heavy (non-hydrogen) atoms. The van der Waals surface area contributed by atoms with E-state index in [9.17, 15) is 4.79 Å². The second-order valence-electron chi connectivity index (χ2n) is 5.84. The van der Waals surface area contributed by atoms with E-state index < -0.39 is 0 Å². The molecule has 1 N–H and O–H groups in total. The minimum absolute atomic E-state index is 0.0674. The number of alkyl halides is 1. The van der Waals surface area contributed by atoms with Gasteiger partial charge in [0.2, 0.25) is 5.91 Å². The van der Waals surface area contributed by atoms with Crippen molar-refractivity contribution in [3.63, 3.8) is 0 Å². The predicted molar refractivity (Wildman–Crippen MR) is 87.1 cm³/mol. The van der Waals surface area contributed by atoms with E-state index in [1.165, 1.54) is 25.7 Å². The SMILES string of the molecule is CC(C(=O)NCC1CCCCC1CBr)c1ccccc1. The van der Waals surface area contributed by atoms with E-state index in [0.717, 1.165) is 23.4 Å². The molecule has 3 atom stereocenters. The van der Waals surface area contributed by atoms with Crippen LogP contribution in [0.15, 0.2) is 30.3 Å². The Morgan fingerprint density at radius 3 is 2.55 bits per heavy atom. The zero-order valence-electron chi connectivity index (χ0n) is 12.1. The highest BCUT2D eigenvalue weighted by molar-refractivity contribution is 9.09. The molecule has 0 bridgehead atoms. The van der Waals surface area contributed by atoms with E-state index in [1.807, 2.05) is 37.3 Å². The molecule has 1 fully saturated rings.